The van der Waals surface area contributed by atoms with Crippen LogP contribution in [0.3, 0.4) is 0 Å². The van der Waals surface area contributed by atoms with Crippen molar-refractivity contribution < 1.29 is 27.6 Å². The number of carbonyl (C=O) groups is 3. The quantitative estimate of drug-likeness (QED) is 0.335. The first-order chi connectivity index (χ1) is 18.1. The Morgan fingerprint density at radius 3 is 2.08 bits per heavy atom. The summed E-state index contributed by atoms with van der Waals surface area (Å²) in [6, 6.07) is 13.5. The van der Waals surface area contributed by atoms with Crippen molar-refractivity contribution in [3.05, 3.63) is 118 Å². The van der Waals surface area contributed by atoms with Crippen LogP contribution in [0.15, 0.2) is 72.9 Å². The lowest BCUT2D eigenvalue weighted by Gasteiger charge is -2.20. The molecule has 5 rings (SSSR count). The molecule has 0 fully saturated rings. The fourth-order valence-electron chi connectivity index (χ4n) is 4.50. The van der Waals surface area contributed by atoms with Crippen LogP contribution >= 0.6 is 12.4 Å². The fraction of sp³-hybridized carbons (Fsp3) is 0.0714. The van der Waals surface area contributed by atoms with Crippen molar-refractivity contribution >= 4 is 35.8 Å². The number of hydrogen-bond donors (Lipinski definition) is 2. The smallest absolute Gasteiger partial charge is 0.266 e. The molecule has 0 spiro atoms. The van der Waals surface area contributed by atoms with Crippen LogP contribution < -0.4 is 16.4 Å². The third-order valence-electron chi connectivity index (χ3n) is 6.23. The van der Waals surface area contributed by atoms with Gasteiger partial charge >= 0.3 is 0 Å². The summed E-state index contributed by atoms with van der Waals surface area (Å²) in [5.41, 5.74) is 12.9. The van der Waals surface area contributed by atoms with E-state index >= 15 is 0 Å². The van der Waals surface area contributed by atoms with Gasteiger partial charge in [0.2, 0.25) is 0 Å². The highest BCUT2D eigenvalue weighted by Crippen LogP contribution is 2.35. The fourth-order valence-corrected chi connectivity index (χ4v) is 4.50. The second kappa shape index (κ2) is 10.7. The second-order valence-corrected chi connectivity index (χ2v) is 8.76. The normalized spacial score (nSPS) is 13.2. The monoisotopic (exact) mass is 552 g/mol. The Balaban J connectivity index is 0.00000353. The minimum absolute atomic E-state index is 0. The summed E-state index contributed by atoms with van der Waals surface area (Å²) in [7, 11) is 0. The molecule has 2 heterocycles. The Morgan fingerprint density at radius 1 is 0.872 bits per heavy atom. The van der Waals surface area contributed by atoms with Crippen LogP contribution in [0.2, 0.25) is 0 Å². The number of rotatable bonds is 6. The highest BCUT2D eigenvalue weighted by molar-refractivity contribution is 6.34. The molecule has 1 aliphatic heterocycles. The van der Waals surface area contributed by atoms with Gasteiger partial charge in [0.15, 0.2) is 0 Å². The van der Waals surface area contributed by atoms with Crippen molar-refractivity contribution in [2.45, 2.75) is 12.5 Å². The molecule has 39 heavy (non-hydrogen) atoms. The molecule has 0 radical (unpaired) electrons. The Bertz CT molecular complexity index is 1590. The molecule has 0 saturated heterocycles. The van der Waals surface area contributed by atoms with E-state index in [1.807, 2.05) is 0 Å². The van der Waals surface area contributed by atoms with Gasteiger partial charge < -0.3 is 11.5 Å². The van der Waals surface area contributed by atoms with E-state index in [0.717, 1.165) is 29.2 Å². The number of fused-ring (bicyclic) bond motifs is 1. The molecule has 4 aromatic rings. The molecular formula is C28H20ClF3N4O3. The molecule has 0 aliphatic carbocycles. The topological polar surface area (TPSA) is 119 Å². The first-order valence-corrected chi connectivity index (χ1v) is 11.4. The molecule has 1 unspecified atom stereocenters. The van der Waals surface area contributed by atoms with E-state index in [4.69, 9.17) is 11.5 Å². The van der Waals surface area contributed by atoms with Crippen LogP contribution in [0.4, 0.5) is 18.9 Å². The SMILES string of the molecule is Cl.NC(=O)c1cc(-c2cc(N3C(=O)c4ccccc4C3=O)cnc2C(N)Cc2cc(F)cc(F)c2)ccc1F. The maximum atomic E-state index is 14.2. The number of benzene rings is 3. The zero-order valence-corrected chi connectivity index (χ0v) is 20.8. The van der Waals surface area contributed by atoms with Crippen LogP contribution in [-0.2, 0) is 6.42 Å². The van der Waals surface area contributed by atoms with Gasteiger partial charge in [0, 0.05) is 11.6 Å². The van der Waals surface area contributed by atoms with Crippen molar-refractivity contribution in [3.63, 3.8) is 0 Å². The number of aromatic nitrogens is 1. The molecule has 3 amide bonds. The lowest BCUT2D eigenvalue weighted by Crippen LogP contribution is -2.30. The highest BCUT2D eigenvalue weighted by atomic mass is 35.5. The van der Waals surface area contributed by atoms with Crippen LogP contribution in [0.5, 0.6) is 0 Å². The van der Waals surface area contributed by atoms with Gasteiger partial charge in [-0.1, -0.05) is 18.2 Å². The number of halogens is 4. The van der Waals surface area contributed by atoms with E-state index in [2.05, 4.69) is 4.98 Å². The molecule has 4 N–H and O–H groups in total. The first-order valence-electron chi connectivity index (χ1n) is 11.4. The molecule has 7 nitrogen and oxygen atoms in total. The van der Waals surface area contributed by atoms with E-state index in [9.17, 15) is 27.6 Å². The van der Waals surface area contributed by atoms with Crippen LogP contribution in [0.25, 0.3) is 11.1 Å². The van der Waals surface area contributed by atoms with Crippen molar-refractivity contribution in [2.75, 3.05) is 4.90 Å². The van der Waals surface area contributed by atoms with Gasteiger partial charge in [-0.05, 0) is 60.0 Å². The minimum Gasteiger partial charge on any atom is -0.366 e. The van der Waals surface area contributed by atoms with Gasteiger partial charge in [0.25, 0.3) is 17.7 Å². The summed E-state index contributed by atoms with van der Waals surface area (Å²) >= 11 is 0. The number of nitrogens with two attached hydrogens (primary N) is 2. The predicted octanol–water partition coefficient (Wildman–Crippen LogP) is 4.73. The number of carbonyl (C=O) groups excluding carboxylic acids is 3. The average molecular weight is 553 g/mol. The lowest BCUT2D eigenvalue weighted by atomic mass is 9.94. The van der Waals surface area contributed by atoms with Crippen molar-refractivity contribution in [2.24, 2.45) is 11.5 Å². The third kappa shape index (κ3) is 5.12. The predicted molar refractivity (Wildman–Crippen MR) is 140 cm³/mol. The van der Waals surface area contributed by atoms with E-state index in [1.165, 1.54) is 36.5 Å². The number of imide groups is 1. The summed E-state index contributed by atoms with van der Waals surface area (Å²) in [5, 5.41) is 0. The van der Waals surface area contributed by atoms with E-state index in [1.54, 1.807) is 12.1 Å². The van der Waals surface area contributed by atoms with Gasteiger partial charge in [-0.2, -0.15) is 0 Å². The standard InChI is InChI=1S/C28H19F3N4O3.ClH/c29-16-7-14(8-17(30)11-16)9-24(32)25-21(15-5-6-23(31)22(10-15)26(33)36)12-18(13-34-25)35-27(37)19-3-1-2-4-20(19)28(35)38;/h1-8,10-13,24H,9,32H2,(H2,33,36);1H. The minimum atomic E-state index is -1.00. The summed E-state index contributed by atoms with van der Waals surface area (Å²) in [5.74, 6) is -4.50. The molecule has 11 heteroatoms. The number of hydrogen-bond acceptors (Lipinski definition) is 5. The lowest BCUT2D eigenvalue weighted by molar-refractivity contribution is 0.0924. The van der Waals surface area contributed by atoms with Gasteiger partial charge in [-0.15, -0.1) is 12.4 Å². The Hall–Kier alpha value is -4.54. The van der Waals surface area contributed by atoms with E-state index in [0.29, 0.717) is 0 Å². The number of pyridine rings is 1. The maximum Gasteiger partial charge on any atom is 0.266 e. The molecule has 198 valence electrons. The maximum absolute atomic E-state index is 14.2. The molecule has 3 aromatic carbocycles. The molecule has 1 atom stereocenters. The second-order valence-electron chi connectivity index (χ2n) is 8.76. The number of amides is 3. The van der Waals surface area contributed by atoms with Gasteiger partial charge in [-0.3, -0.25) is 19.4 Å². The summed E-state index contributed by atoms with van der Waals surface area (Å²) in [4.78, 5) is 43.2. The Kier molecular flexibility index (Phi) is 7.53. The molecule has 0 saturated carbocycles. The Labute approximate surface area is 226 Å². The van der Waals surface area contributed by atoms with Gasteiger partial charge in [0.1, 0.15) is 17.5 Å². The first kappa shape index (κ1) is 27.5. The van der Waals surface area contributed by atoms with Crippen molar-refractivity contribution in [1.29, 1.82) is 0 Å². The summed E-state index contributed by atoms with van der Waals surface area (Å²) < 4.78 is 41.7. The van der Waals surface area contributed by atoms with Gasteiger partial charge in [-0.25, -0.2) is 18.1 Å². The summed E-state index contributed by atoms with van der Waals surface area (Å²) in [6.45, 7) is 0. The van der Waals surface area contributed by atoms with Crippen LogP contribution in [-0.4, -0.2) is 22.7 Å². The van der Waals surface area contributed by atoms with E-state index in [-0.39, 0.29) is 63.6 Å². The summed E-state index contributed by atoms with van der Waals surface area (Å²) in [6.07, 6.45) is 1.26. The van der Waals surface area contributed by atoms with Gasteiger partial charge in [0.05, 0.1) is 40.3 Å². The molecule has 1 aromatic heterocycles. The largest absolute Gasteiger partial charge is 0.366 e. The van der Waals surface area contributed by atoms with Crippen LogP contribution in [0, 0.1) is 17.5 Å². The van der Waals surface area contributed by atoms with Crippen molar-refractivity contribution in [3.8, 4) is 11.1 Å². The zero-order chi connectivity index (χ0) is 27.1. The highest BCUT2D eigenvalue weighted by Gasteiger charge is 2.37. The molecule has 0 bridgehead atoms. The van der Waals surface area contributed by atoms with Crippen molar-refractivity contribution in [1.82, 2.24) is 4.98 Å². The van der Waals surface area contributed by atoms with E-state index < -0.39 is 41.2 Å². The molecular weight excluding hydrogens is 533 g/mol. The zero-order valence-electron chi connectivity index (χ0n) is 20.0. The number of primary amides is 1. The molecule has 1 aliphatic rings. The number of anilines is 1. The van der Waals surface area contributed by atoms with Crippen LogP contribution in [0.1, 0.15) is 48.4 Å². The number of nitrogens with zero attached hydrogens (tertiary/aromatic N) is 2. The Morgan fingerprint density at radius 2 is 1.49 bits per heavy atom. The average Bonchev–Trinajstić information content (AvgIpc) is 3.13. The third-order valence-corrected chi connectivity index (χ3v) is 6.23.